The molecule has 0 radical (unpaired) electrons. The molecule has 0 saturated carbocycles. The summed E-state index contributed by atoms with van der Waals surface area (Å²) in [6.07, 6.45) is 0. The monoisotopic (exact) mass is 283 g/mol. The molecule has 0 aliphatic rings. The topological polar surface area (TPSA) is 17.1 Å². The molecule has 2 heteroatoms. The van der Waals surface area contributed by atoms with E-state index in [1.807, 2.05) is 6.79 Å². The SMILES string of the molecule is C=O.[CH3-].[U]. The third kappa shape index (κ3) is 15.5. The van der Waals surface area contributed by atoms with Gasteiger partial charge in [0.25, 0.3) is 0 Å². The van der Waals surface area contributed by atoms with E-state index in [-0.39, 0.29) is 38.5 Å². The van der Waals surface area contributed by atoms with Crippen molar-refractivity contribution in [1.29, 1.82) is 0 Å². The summed E-state index contributed by atoms with van der Waals surface area (Å²) in [5.74, 6) is 0. The third-order valence-electron chi connectivity index (χ3n) is 0. The molecule has 0 atom stereocenters. The molecule has 0 saturated heterocycles. The maximum Gasteiger partial charge on any atom is 0.106 e. The van der Waals surface area contributed by atoms with Gasteiger partial charge in [-0.15, -0.1) is 0 Å². The number of carbonyl (C=O) groups is 1. The molecule has 0 heterocycles. The molecule has 0 rings (SSSR count). The first-order valence-corrected chi connectivity index (χ1v) is 0.289. The van der Waals surface area contributed by atoms with Gasteiger partial charge in [-0.05, 0) is 0 Å². The molecule has 0 fully saturated rings. The van der Waals surface area contributed by atoms with Gasteiger partial charge in [-0.25, -0.2) is 0 Å². The molecule has 24 valence electrons. The summed E-state index contributed by atoms with van der Waals surface area (Å²) < 4.78 is 0. The van der Waals surface area contributed by atoms with Gasteiger partial charge in [-0.2, -0.15) is 0 Å². The molecular weight excluding hydrogens is 278 g/mol. The van der Waals surface area contributed by atoms with E-state index in [0.29, 0.717) is 0 Å². The van der Waals surface area contributed by atoms with Crippen molar-refractivity contribution in [1.82, 2.24) is 0 Å². The Balaban J connectivity index is -0.00000000500. The molecule has 0 unspecified atom stereocenters. The number of rotatable bonds is 0. The molecule has 0 aliphatic heterocycles. The molecule has 0 N–H and O–H groups in total. The Labute approximate surface area is 50.2 Å². The van der Waals surface area contributed by atoms with Crippen LogP contribution < -0.4 is 0 Å². The zero-order valence-corrected chi connectivity index (χ0v) is 6.78. The van der Waals surface area contributed by atoms with Crippen LogP contribution >= 0.6 is 0 Å². The van der Waals surface area contributed by atoms with E-state index in [0.717, 1.165) is 0 Å². The Morgan fingerprint density at radius 1 is 1.25 bits per heavy atom. The van der Waals surface area contributed by atoms with E-state index < -0.39 is 0 Å². The Morgan fingerprint density at radius 3 is 1.25 bits per heavy atom. The van der Waals surface area contributed by atoms with Crippen molar-refractivity contribution in [2.75, 3.05) is 0 Å². The van der Waals surface area contributed by atoms with Crippen LogP contribution in [0.4, 0.5) is 0 Å². The molecule has 1 nitrogen and oxygen atoms in total. The molecule has 0 amide bonds. The minimum atomic E-state index is 0. The van der Waals surface area contributed by atoms with E-state index in [1.54, 1.807) is 0 Å². The fourth-order valence-corrected chi connectivity index (χ4v) is 0. The van der Waals surface area contributed by atoms with Crippen molar-refractivity contribution in [2.45, 2.75) is 0 Å². The quantitative estimate of drug-likeness (QED) is 0.583. The third-order valence-corrected chi connectivity index (χ3v) is 0. The van der Waals surface area contributed by atoms with Crippen LogP contribution in [0.2, 0.25) is 0 Å². The average Bonchev–Trinajstić information content (AvgIpc) is 1.00. The molecule has 0 aromatic heterocycles. The van der Waals surface area contributed by atoms with Gasteiger partial charge in [0.05, 0.1) is 0 Å². The predicted octanol–water partition coefficient (Wildman–Crippen LogP) is 0.265. The second-order valence-corrected chi connectivity index (χ2v) is 0. The van der Waals surface area contributed by atoms with Crippen LogP contribution in [-0.4, -0.2) is 6.79 Å². The summed E-state index contributed by atoms with van der Waals surface area (Å²) in [5.41, 5.74) is 0. The predicted molar refractivity (Wildman–Crippen MR) is 13.5 cm³/mol. The van der Waals surface area contributed by atoms with Gasteiger partial charge >= 0.3 is 0 Å². The summed E-state index contributed by atoms with van der Waals surface area (Å²) in [7, 11) is 0. The Hall–Kier alpha value is 0.722. The average molecular weight is 283 g/mol. The number of hydrogen-bond acceptors (Lipinski definition) is 1. The maximum absolute atomic E-state index is 8.00. The van der Waals surface area contributed by atoms with Gasteiger partial charge in [0.1, 0.15) is 6.79 Å². The van der Waals surface area contributed by atoms with Crippen molar-refractivity contribution in [3.8, 4) is 0 Å². The fourth-order valence-electron chi connectivity index (χ4n) is 0. The molecular formula is C2H5OU-. The minimum absolute atomic E-state index is 0. The van der Waals surface area contributed by atoms with E-state index in [2.05, 4.69) is 0 Å². The fraction of sp³-hybridized carbons (Fsp3) is 0. The Morgan fingerprint density at radius 2 is 1.25 bits per heavy atom. The van der Waals surface area contributed by atoms with Gasteiger partial charge in [0.2, 0.25) is 0 Å². The van der Waals surface area contributed by atoms with E-state index >= 15 is 0 Å². The second-order valence-electron chi connectivity index (χ2n) is 0. The zero-order valence-electron chi connectivity index (χ0n) is 2.62. The van der Waals surface area contributed by atoms with Crippen molar-refractivity contribution in [3.05, 3.63) is 7.43 Å². The van der Waals surface area contributed by atoms with Crippen LogP contribution in [-0.2, 0) is 4.79 Å². The van der Waals surface area contributed by atoms with E-state index in [1.165, 1.54) is 0 Å². The van der Waals surface area contributed by atoms with Crippen molar-refractivity contribution in [2.24, 2.45) is 0 Å². The number of hydrogen-bond donors (Lipinski definition) is 0. The van der Waals surface area contributed by atoms with Crippen molar-refractivity contribution in [3.63, 3.8) is 0 Å². The van der Waals surface area contributed by atoms with Crippen molar-refractivity contribution >= 4 is 6.79 Å². The summed E-state index contributed by atoms with van der Waals surface area (Å²) in [4.78, 5) is 8.00. The smallest absolute Gasteiger partial charge is 0.106 e. The summed E-state index contributed by atoms with van der Waals surface area (Å²) >= 11 is 0. The van der Waals surface area contributed by atoms with Crippen LogP contribution in [0.5, 0.6) is 0 Å². The van der Waals surface area contributed by atoms with Crippen LogP contribution in [0, 0.1) is 38.5 Å². The zero-order chi connectivity index (χ0) is 2.00. The van der Waals surface area contributed by atoms with E-state index in [9.17, 15) is 0 Å². The van der Waals surface area contributed by atoms with Crippen LogP contribution in [0.25, 0.3) is 0 Å². The second kappa shape index (κ2) is 52.9. The van der Waals surface area contributed by atoms with Gasteiger partial charge in [0, 0.05) is 31.1 Å². The van der Waals surface area contributed by atoms with Gasteiger partial charge < -0.3 is 12.2 Å². The molecule has 4 heavy (non-hydrogen) atoms. The first-order valence-electron chi connectivity index (χ1n) is 0.289. The minimum Gasteiger partial charge on any atom is -0.358 e. The van der Waals surface area contributed by atoms with Crippen molar-refractivity contribution < 1.29 is 35.9 Å². The number of carbonyl (C=O) groups excluding carboxylic acids is 1. The first-order chi connectivity index (χ1) is 1.00. The van der Waals surface area contributed by atoms with Crippen LogP contribution in [0.3, 0.4) is 0 Å². The normalized spacial score (nSPS) is 1.00. The van der Waals surface area contributed by atoms with Crippen LogP contribution in [0.1, 0.15) is 0 Å². The van der Waals surface area contributed by atoms with Crippen LogP contribution in [0.15, 0.2) is 0 Å². The Bertz CT molecular complexity index is 6.00. The standard InChI is InChI=1S/CH2O.CH3.U/c1-2;;/h1H2;1H3;/q;-1;. The first kappa shape index (κ1) is 22.1. The molecule has 0 aliphatic carbocycles. The summed E-state index contributed by atoms with van der Waals surface area (Å²) in [6, 6.07) is 0. The van der Waals surface area contributed by atoms with E-state index in [4.69, 9.17) is 4.79 Å². The molecule has 0 aromatic carbocycles. The van der Waals surface area contributed by atoms with Gasteiger partial charge in [0.15, 0.2) is 0 Å². The molecule has 0 aromatic rings. The summed E-state index contributed by atoms with van der Waals surface area (Å²) in [6.45, 7) is 2.00. The molecule has 0 spiro atoms. The maximum atomic E-state index is 8.00. The Kier molecular flexibility index (Phi) is 292. The largest absolute Gasteiger partial charge is 0.358 e. The summed E-state index contributed by atoms with van der Waals surface area (Å²) in [5, 5.41) is 0. The van der Waals surface area contributed by atoms with Gasteiger partial charge in [-0.3, -0.25) is 0 Å². The molecule has 0 bridgehead atoms. The van der Waals surface area contributed by atoms with Gasteiger partial charge in [-0.1, -0.05) is 0 Å².